The van der Waals surface area contributed by atoms with Gasteiger partial charge in [-0.25, -0.2) is 0 Å². The predicted molar refractivity (Wildman–Crippen MR) is 136 cm³/mol. The van der Waals surface area contributed by atoms with Gasteiger partial charge in [0.15, 0.2) is 0 Å². The van der Waals surface area contributed by atoms with Crippen molar-refractivity contribution in [1.82, 2.24) is 0 Å². The summed E-state index contributed by atoms with van der Waals surface area (Å²) in [5.74, 6) is 0. The van der Waals surface area contributed by atoms with E-state index >= 15 is 0 Å². The maximum Gasteiger partial charge on any atom is 0.0462 e. The molecule has 1 nitrogen and oxygen atoms in total. The Morgan fingerprint density at radius 1 is 0.516 bits per heavy atom. The van der Waals surface area contributed by atoms with Crippen molar-refractivity contribution < 1.29 is 0 Å². The van der Waals surface area contributed by atoms with E-state index in [-0.39, 0.29) is 0 Å². The van der Waals surface area contributed by atoms with Crippen LogP contribution in [0, 0.1) is 6.07 Å². The van der Waals surface area contributed by atoms with Gasteiger partial charge in [-0.15, -0.1) is 0 Å². The Morgan fingerprint density at radius 2 is 0.935 bits per heavy atom. The SMILES string of the molecule is CCCCCCc1ccc(N(c2cc[c]cc2)c2ccc(CCCCCC)cc2)cc1. The molecule has 1 heteroatoms. The molecule has 31 heavy (non-hydrogen) atoms. The molecule has 0 heterocycles. The lowest BCUT2D eigenvalue weighted by atomic mass is 10.0. The van der Waals surface area contributed by atoms with Crippen LogP contribution in [-0.4, -0.2) is 0 Å². The molecule has 0 amide bonds. The van der Waals surface area contributed by atoms with Crippen molar-refractivity contribution in [3.05, 3.63) is 90.0 Å². The van der Waals surface area contributed by atoms with Crippen LogP contribution < -0.4 is 4.90 Å². The third kappa shape index (κ3) is 7.28. The predicted octanol–water partition coefficient (Wildman–Crippen LogP) is 9.20. The molecular weight excluding hydrogens is 374 g/mol. The standard InChI is InChI=1S/C30H38N/c1-3-5-7-10-14-26-18-22-29(23-19-26)31(28-16-12-9-13-17-28)30-24-20-27(21-25-30)15-11-8-6-4-2/h12-13,16-25H,3-8,10-11,14-15H2,1-2H3. The van der Waals surface area contributed by atoms with E-state index in [4.69, 9.17) is 0 Å². The molecule has 0 fully saturated rings. The van der Waals surface area contributed by atoms with Crippen molar-refractivity contribution >= 4 is 17.1 Å². The molecule has 3 aromatic rings. The van der Waals surface area contributed by atoms with Gasteiger partial charge in [0, 0.05) is 17.1 Å². The van der Waals surface area contributed by atoms with Gasteiger partial charge in [0.2, 0.25) is 0 Å². The normalized spacial score (nSPS) is 10.9. The van der Waals surface area contributed by atoms with Gasteiger partial charge in [-0.1, -0.05) is 88.8 Å². The van der Waals surface area contributed by atoms with Crippen molar-refractivity contribution in [3.8, 4) is 0 Å². The topological polar surface area (TPSA) is 3.24 Å². The molecule has 0 aliphatic heterocycles. The average molecular weight is 413 g/mol. The van der Waals surface area contributed by atoms with Crippen LogP contribution in [0.25, 0.3) is 0 Å². The molecular formula is C30H38N. The van der Waals surface area contributed by atoms with Gasteiger partial charge in [-0.2, -0.15) is 0 Å². The summed E-state index contributed by atoms with van der Waals surface area (Å²) in [6, 6.07) is 29.7. The molecule has 0 aliphatic carbocycles. The maximum atomic E-state index is 3.15. The van der Waals surface area contributed by atoms with E-state index in [0.717, 1.165) is 0 Å². The van der Waals surface area contributed by atoms with Crippen molar-refractivity contribution in [2.24, 2.45) is 0 Å². The monoisotopic (exact) mass is 412 g/mol. The number of aryl methyl sites for hydroxylation is 2. The summed E-state index contributed by atoms with van der Waals surface area (Å²) in [5.41, 5.74) is 6.45. The first kappa shape index (κ1) is 23.1. The number of anilines is 3. The fourth-order valence-corrected chi connectivity index (χ4v) is 4.11. The van der Waals surface area contributed by atoms with Gasteiger partial charge in [-0.3, -0.25) is 0 Å². The molecule has 1 radical (unpaired) electrons. The third-order valence-corrected chi connectivity index (χ3v) is 5.99. The molecule has 0 N–H and O–H groups in total. The highest BCUT2D eigenvalue weighted by Gasteiger charge is 2.12. The smallest absolute Gasteiger partial charge is 0.0462 e. The fourth-order valence-electron chi connectivity index (χ4n) is 4.11. The number of rotatable bonds is 13. The summed E-state index contributed by atoms with van der Waals surface area (Å²) in [6.45, 7) is 4.54. The highest BCUT2D eigenvalue weighted by atomic mass is 15.1. The van der Waals surface area contributed by atoms with E-state index in [0.29, 0.717) is 0 Å². The second kappa shape index (κ2) is 13.0. The molecule has 3 aromatic carbocycles. The molecule has 163 valence electrons. The minimum atomic E-state index is 1.17. The Bertz CT molecular complexity index is 794. The Hall–Kier alpha value is -2.54. The Labute approximate surface area is 190 Å². The van der Waals surface area contributed by atoms with Gasteiger partial charge < -0.3 is 4.90 Å². The lowest BCUT2D eigenvalue weighted by Crippen LogP contribution is -2.10. The first-order valence-corrected chi connectivity index (χ1v) is 12.3. The zero-order valence-electron chi connectivity index (χ0n) is 19.4. The Morgan fingerprint density at radius 3 is 1.35 bits per heavy atom. The van der Waals surface area contributed by atoms with E-state index < -0.39 is 0 Å². The van der Waals surface area contributed by atoms with Crippen LogP contribution in [0.4, 0.5) is 17.1 Å². The van der Waals surface area contributed by atoms with Crippen LogP contribution in [-0.2, 0) is 12.8 Å². The Kier molecular flexibility index (Phi) is 9.70. The van der Waals surface area contributed by atoms with Crippen LogP contribution in [0.1, 0.15) is 76.3 Å². The molecule has 0 saturated carbocycles. The van der Waals surface area contributed by atoms with Gasteiger partial charge in [0.05, 0.1) is 0 Å². The minimum Gasteiger partial charge on any atom is -0.311 e. The number of hydrogen-bond donors (Lipinski definition) is 0. The molecule has 0 spiro atoms. The highest BCUT2D eigenvalue weighted by molar-refractivity contribution is 5.76. The maximum absolute atomic E-state index is 3.15. The minimum absolute atomic E-state index is 1.17. The van der Waals surface area contributed by atoms with Crippen LogP contribution in [0.5, 0.6) is 0 Å². The Balaban J connectivity index is 1.75. The molecule has 0 aromatic heterocycles. The highest BCUT2D eigenvalue weighted by Crippen LogP contribution is 2.34. The van der Waals surface area contributed by atoms with Crippen LogP contribution in [0.15, 0.2) is 72.8 Å². The van der Waals surface area contributed by atoms with Crippen molar-refractivity contribution in [1.29, 1.82) is 0 Å². The number of unbranched alkanes of at least 4 members (excludes halogenated alkanes) is 6. The van der Waals surface area contributed by atoms with E-state index in [1.165, 1.54) is 92.4 Å². The zero-order valence-corrected chi connectivity index (χ0v) is 19.4. The second-order valence-electron chi connectivity index (χ2n) is 8.55. The number of benzene rings is 3. The van der Waals surface area contributed by atoms with Crippen molar-refractivity contribution in [2.75, 3.05) is 4.90 Å². The van der Waals surface area contributed by atoms with Gasteiger partial charge >= 0.3 is 0 Å². The summed E-state index contributed by atoms with van der Waals surface area (Å²) in [5, 5.41) is 0. The quantitative estimate of drug-likeness (QED) is 0.253. The lowest BCUT2D eigenvalue weighted by Gasteiger charge is -2.26. The van der Waals surface area contributed by atoms with Crippen LogP contribution in [0.3, 0.4) is 0 Å². The molecule has 0 atom stereocenters. The fraction of sp³-hybridized carbons (Fsp3) is 0.400. The molecule has 0 unspecified atom stereocenters. The largest absolute Gasteiger partial charge is 0.311 e. The summed E-state index contributed by atoms with van der Waals surface area (Å²) in [4.78, 5) is 2.34. The third-order valence-electron chi connectivity index (χ3n) is 5.99. The number of hydrogen-bond acceptors (Lipinski definition) is 1. The van der Waals surface area contributed by atoms with Crippen LogP contribution >= 0.6 is 0 Å². The lowest BCUT2D eigenvalue weighted by molar-refractivity contribution is 0.667. The van der Waals surface area contributed by atoms with Crippen molar-refractivity contribution in [3.63, 3.8) is 0 Å². The zero-order chi connectivity index (χ0) is 21.7. The molecule has 0 bridgehead atoms. The summed E-state index contributed by atoms with van der Waals surface area (Å²) in [7, 11) is 0. The van der Waals surface area contributed by atoms with Gasteiger partial charge in [0.1, 0.15) is 0 Å². The summed E-state index contributed by atoms with van der Waals surface area (Å²) in [6.07, 6.45) is 12.8. The molecule has 0 aliphatic rings. The van der Waals surface area contributed by atoms with Gasteiger partial charge in [-0.05, 0) is 79.3 Å². The van der Waals surface area contributed by atoms with E-state index in [1.54, 1.807) is 0 Å². The molecule has 3 rings (SSSR count). The first-order valence-electron chi connectivity index (χ1n) is 12.3. The van der Waals surface area contributed by atoms with E-state index in [1.807, 2.05) is 12.1 Å². The number of nitrogens with zero attached hydrogens (tertiary/aromatic N) is 1. The average Bonchev–Trinajstić information content (AvgIpc) is 2.82. The van der Waals surface area contributed by atoms with E-state index in [2.05, 4.69) is 85.5 Å². The van der Waals surface area contributed by atoms with Gasteiger partial charge in [0.25, 0.3) is 0 Å². The molecule has 0 saturated heterocycles. The van der Waals surface area contributed by atoms with Crippen molar-refractivity contribution in [2.45, 2.75) is 78.1 Å². The summed E-state index contributed by atoms with van der Waals surface area (Å²) >= 11 is 0. The van der Waals surface area contributed by atoms with E-state index in [9.17, 15) is 0 Å². The summed E-state index contributed by atoms with van der Waals surface area (Å²) < 4.78 is 0. The second-order valence-corrected chi connectivity index (χ2v) is 8.55. The first-order chi connectivity index (χ1) is 15.3. The van der Waals surface area contributed by atoms with Crippen LogP contribution in [0.2, 0.25) is 0 Å².